The molecular formula is C23H19Cl3FN3OS. The topological polar surface area (TPSA) is 53.2 Å². The van der Waals surface area contributed by atoms with Crippen LogP contribution in [0.3, 0.4) is 0 Å². The van der Waals surface area contributed by atoms with Crippen LogP contribution in [-0.2, 0) is 4.79 Å². The van der Waals surface area contributed by atoms with Crippen molar-refractivity contribution in [2.75, 3.05) is 5.32 Å². The molecule has 3 rings (SSSR count). The van der Waals surface area contributed by atoms with Crippen LogP contribution in [0.25, 0.3) is 0 Å². The molecule has 0 aromatic heterocycles. The van der Waals surface area contributed by atoms with E-state index in [4.69, 9.17) is 47.0 Å². The quantitative estimate of drug-likeness (QED) is 0.224. The van der Waals surface area contributed by atoms with Crippen molar-refractivity contribution in [3.8, 4) is 0 Å². The number of hydrogen-bond acceptors (Lipinski definition) is 2. The molecule has 3 aromatic carbocycles. The SMILES string of the molecule is O=C(N[C@H](NC(=S)Nc1ccc(F)cc1)C(Cl)(Cl)Cl)C(c1ccccc1)c1ccccc1. The number of benzene rings is 3. The fourth-order valence-electron chi connectivity index (χ4n) is 3.04. The molecule has 3 N–H and O–H groups in total. The molecule has 0 fully saturated rings. The van der Waals surface area contributed by atoms with Gasteiger partial charge in [0.15, 0.2) is 5.11 Å². The number of carbonyl (C=O) groups excluding carboxylic acids is 1. The van der Waals surface area contributed by atoms with Crippen LogP contribution in [0.2, 0.25) is 0 Å². The number of halogens is 4. The van der Waals surface area contributed by atoms with Gasteiger partial charge in [-0.2, -0.15) is 0 Å². The van der Waals surface area contributed by atoms with E-state index >= 15 is 0 Å². The molecule has 3 aromatic rings. The van der Waals surface area contributed by atoms with Gasteiger partial charge in [-0.05, 0) is 47.6 Å². The van der Waals surface area contributed by atoms with E-state index in [0.717, 1.165) is 11.1 Å². The minimum absolute atomic E-state index is 0.0872. The van der Waals surface area contributed by atoms with Gasteiger partial charge in [-0.25, -0.2) is 4.39 Å². The third kappa shape index (κ3) is 6.81. The second-order valence-electron chi connectivity index (χ2n) is 6.84. The van der Waals surface area contributed by atoms with Crippen molar-refractivity contribution in [1.82, 2.24) is 10.6 Å². The number of thiocarbonyl (C=S) groups is 1. The minimum Gasteiger partial charge on any atom is -0.339 e. The van der Waals surface area contributed by atoms with Crippen LogP contribution in [-0.4, -0.2) is 21.0 Å². The van der Waals surface area contributed by atoms with Crippen molar-refractivity contribution in [1.29, 1.82) is 0 Å². The number of carbonyl (C=O) groups is 1. The summed E-state index contributed by atoms with van der Waals surface area (Å²) in [4.78, 5) is 13.3. The minimum atomic E-state index is -1.91. The van der Waals surface area contributed by atoms with Crippen LogP contribution >= 0.6 is 47.0 Å². The smallest absolute Gasteiger partial charge is 0.233 e. The molecule has 4 nitrogen and oxygen atoms in total. The van der Waals surface area contributed by atoms with Crippen molar-refractivity contribution >= 4 is 63.7 Å². The first-order chi connectivity index (χ1) is 15.2. The zero-order chi connectivity index (χ0) is 23.1. The van der Waals surface area contributed by atoms with E-state index in [0.29, 0.717) is 5.69 Å². The van der Waals surface area contributed by atoms with Gasteiger partial charge < -0.3 is 16.0 Å². The van der Waals surface area contributed by atoms with Crippen molar-refractivity contribution in [2.24, 2.45) is 0 Å². The maximum atomic E-state index is 13.3. The van der Waals surface area contributed by atoms with Crippen LogP contribution in [0, 0.1) is 5.82 Å². The lowest BCUT2D eigenvalue weighted by atomic mass is 9.90. The maximum absolute atomic E-state index is 13.3. The molecule has 0 aliphatic heterocycles. The predicted octanol–water partition coefficient (Wildman–Crippen LogP) is 5.76. The molecular weight excluding hydrogens is 492 g/mol. The summed E-state index contributed by atoms with van der Waals surface area (Å²) < 4.78 is 11.2. The molecule has 1 amide bonds. The summed E-state index contributed by atoms with van der Waals surface area (Å²) in [5.41, 5.74) is 2.10. The number of alkyl halides is 3. The standard InChI is InChI=1S/C23H19Cl3FN3OS/c24-23(25,26)21(30-22(32)28-18-13-11-17(27)12-14-18)29-20(31)19(15-7-3-1-4-8-15)16-9-5-2-6-10-16/h1-14,19,21H,(H,29,31)(H2,28,30,32)/t21-/m1/s1. The molecule has 0 saturated heterocycles. The Morgan fingerprint density at radius 1 is 0.812 bits per heavy atom. The first-order valence-corrected chi connectivity index (χ1v) is 11.1. The highest BCUT2D eigenvalue weighted by molar-refractivity contribution is 7.80. The van der Waals surface area contributed by atoms with Gasteiger partial charge in [-0.3, -0.25) is 4.79 Å². The molecule has 0 unspecified atom stereocenters. The highest BCUT2D eigenvalue weighted by Gasteiger charge is 2.36. The van der Waals surface area contributed by atoms with Crippen LogP contribution in [0.5, 0.6) is 0 Å². The second-order valence-corrected chi connectivity index (χ2v) is 9.62. The fourth-order valence-corrected chi connectivity index (χ4v) is 3.61. The van der Waals surface area contributed by atoms with E-state index in [-0.39, 0.29) is 16.8 Å². The summed E-state index contributed by atoms with van der Waals surface area (Å²) >= 11 is 23.6. The van der Waals surface area contributed by atoms with Gasteiger partial charge in [0.25, 0.3) is 0 Å². The predicted molar refractivity (Wildman–Crippen MR) is 133 cm³/mol. The molecule has 166 valence electrons. The third-order valence-corrected chi connectivity index (χ3v) is 5.39. The molecule has 0 saturated carbocycles. The van der Waals surface area contributed by atoms with Crippen molar-refractivity contribution in [3.63, 3.8) is 0 Å². The van der Waals surface area contributed by atoms with E-state index in [1.807, 2.05) is 60.7 Å². The Labute approximate surface area is 206 Å². The largest absolute Gasteiger partial charge is 0.339 e. The Kier molecular flexibility index (Phi) is 8.32. The van der Waals surface area contributed by atoms with E-state index in [1.165, 1.54) is 24.3 Å². The molecule has 32 heavy (non-hydrogen) atoms. The van der Waals surface area contributed by atoms with Gasteiger partial charge in [0.1, 0.15) is 12.0 Å². The molecule has 0 radical (unpaired) electrons. The van der Waals surface area contributed by atoms with Crippen LogP contribution < -0.4 is 16.0 Å². The Hall–Kier alpha value is -2.38. The Morgan fingerprint density at radius 3 is 1.78 bits per heavy atom. The maximum Gasteiger partial charge on any atom is 0.233 e. The first-order valence-electron chi connectivity index (χ1n) is 9.54. The first kappa shape index (κ1) is 24.3. The summed E-state index contributed by atoms with van der Waals surface area (Å²) in [5.74, 6) is -1.39. The molecule has 0 bridgehead atoms. The van der Waals surface area contributed by atoms with Crippen LogP contribution in [0.15, 0.2) is 84.9 Å². The number of amides is 1. The number of nitrogens with one attached hydrogen (secondary N) is 3. The van der Waals surface area contributed by atoms with Crippen LogP contribution in [0.4, 0.5) is 10.1 Å². The van der Waals surface area contributed by atoms with Crippen LogP contribution in [0.1, 0.15) is 17.0 Å². The summed E-state index contributed by atoms with van der Waals surface area (Å²) in [6, 6.07) is 24.2. The number of hydrogen-bond donors (Lipinski definition) is 3. The number of rotatable bonds is 6. The average Bonchev–Trinajstić information content (AvgIpc) is 2.76. The zero-order valence-corrected chi connectivity index (χ0v) is 19.7. The Morgan fingerprint density at radius 2 is 1.31 bits per heavy atom. The summed E-state index contributed by atoms with van der Waals surface area (Å²) in [6.07, 6.45) is -1.14. The highest BCUT2D eigenvalue weighted by atomic mass is 35.6. The van der Waals surface area contributed by atoms with E-state index in [2.05, 4.69) is 16.0 Å². The van der Waals surface area contributed by atoms with E-state index in [9.17, 15) is 9.18 Å². The average molecular weight is 511 g/mol. The van der Waals surface area contributed by atoms with Gasteiger partial charge in [-0.1, -0.05) is 95.5 Å². The molecule has 0 aliphatic rings. The normalized spacial score (nSPS) is 12.2. The monoisotopic (exact) mass is 509 g/mol. The summed E-state index contributed by atoms with van der Waals surface area (Å²) in [5, 5.41) is 8.51. The lowest BCUT2D eigenvalue weighted by Gasteiger charge is -2.29. The highest BCUT2D eigenvalue weighted by Crippen LogP contribution is 2.31. The Balaban J connectivity index is 1.79. The fraction of sp³-hybridized carbons (Fsp3) is 0.130. The van der Waals surface area contributed by atoms with E-state index < -0.39 is 15.9 Å². The van der Waals surface area contributed by atoms with Gasteiger partial charge in [0, 0.05) is 5.69 Å². The molecule has 0 heterocycles. The molecule has 0 aliphatic carbocycles. The second kappa shape index (κ2) is 11.0. The zero-order valence-electron chi connectivity index (χ0n) is 16.6. The third-order valence-electron chi connectivity index (χ3n) is 4.52. The Bertz CT molecular complexity index is 1010. The lowest BCUT2D eigenvalue weighted by molar-refractivity contribution is -0.122. The van der Waals surface area contributed by atoms with Gasteiger partial charge in [0.05, 0.1) is 5.92 Å². The number of anilines is 1. The van der Waals surface area contributed by atoms with Gasteiger partial charge in [-0.15, -0.1) is 0 Å². The van der Waals surface area contributed by atoms with Crippen molar-refractivity contribution in [2.45, 2.75) is 15.9 Å². The van der Waals surface area contributed by atoms with E-state index in [1.54, 1.807) is 0 Å². The van der Waals surface area contributed by atoms with Crippen molar-refractivity contribution in [3.05, 3.63) is 102 Å². The molecule has 0 spiro atoms. The molecule has 1 atom stereocenters. The summed E-state index contributed by atoms with van der Waals surface area (Å²) in [7, 11) is 0. The van der Waals surface area contributed by atoms with Gasteiger partial charge >= 0.3 is 0 Å². The van der Waals surface area contributed by atoms with Crippen molar-refractivity contribution < 1.29 is 9.18 Å². The lowest BCUT2D eigenvalue weighted by Crippen LogP contribution is -2.57. The molecule has 9 heteroatoms. The summed E-state index contributed by atoms with van der Waals surface area (Å²) in [6.45, 7) is 0. The van der Waals surface area contributed by atoms with Gasteiger partial charge in [0.2, 0.25) is 9.70 Å².